The Balaban J connectivity index is 1.57. The number of carbonyl (C=O) groups is 2. The minimum atomic E-state index is -0.861. The molecular weight excluding hydrogens is 390 g/mol. The first-order valence-corrected chi connectivity index (χ1v) is 10.1. The second-order valence-electron chi connectivity index (χ2n) is 7.45. The summed E-state index contributed by atoms with van der Waals surface area (Å²) in [6.07, 6.45) is 1.49. The van der Waals surface area contributed by atoms with Crippen molar-refractivity contribution in [2.45, 2.75) is 18.9 Å². The quantitative estimate of drug-likeness (QED) is 0.371. The zero-order valence-corrected chi connectivity index (χ0v) is 17.2. The maximum atomic E-state index is 12.9. The van der Waals surface area contributed by atoms with Crippen LogP contribution in [0.4, 0.5) is 0 Å². The largest absolute Gasteiger partial charge is 0.459 e. The van der Waals surface area contributed by atoms with Gasteiger partial charge in [-0.1, -0.05) is 78.9 Å². The Kier molecular flexibility index (Phi) is 5.96. The molecule has 0 saturated carbocycles. The summed E-state index contributed by atoms with van der Waals surface area (Å²) in [4.78, 5) is 24.9. The number of hydrogen-bond donors (Lipinski definition) is 1. The highest BCUT2D eigenvalue weighted by Gasteiger charge is 2.30. The number of rotatable bonds is 6. The topological polar surface area (TPSA) is 78.6 Å². The molecule has 4 rings (SSSR count). The third-order valence-corrected chi connectivity index (χ3v) is 5.22. The highest BCUT2D eigenvalue weighted by Crippen LogP contribution is 2.44. The van der Waals surface area contributed by atoms with E-state index in [-0.39, 0.29) is 18.3 Å². The van der Waals surface area contributed by atoms with Gasteiger partial charge in [0.15, 0.2) is 0 Å². The fourth-order valence-corrected chi connectivity index (χ4v) is 3.70. The van der Waals surface area contributed by atoms with E-state index in [4.69, 9.17) is 15.2 Å². The van der Waals surface area contributed by atoms with E-state index in [9.17, 15) is 9.59 Å². The molecule has 0 heterocycles. The van der Waals surface area contributed by atoms with Crippen LogP contribution in [0.2, 0.25) is 0 Å². The van der Waals surface area contributed by atoms with Crippen LogP contribution >= 0.6 is 0 Å². The van der Waals surface area contributed by atoms with E-state index in [0.717, 1.165) is 22.3 Å². The van der Waals surface area contributed by atoms with Crippen molar-refractivity contribution in [2.24, 2.45) is 5.73 Å². The van der Waals surface area contributed by atoms with Gasteiger partial charge in [-0.15, -0.1) is 0 Å². The minimum absolute atomic E-state index is 0.0848. The second-order valence-corrected chi connectivity index (χ2v) is 7.45. The van der Waals surface area contributed by atoms with E-state index in [1.807, 2.05) is 54.6 Å². The molecular formula is C26H23NO4. The predicted octanol–water partition coefficient (Wildman–Crippen LogP) is 4.27. The monoisotopic (exact) mass is 413 g/mol. The Hall–Kier alpha value is -3.70. The highest BCUT2D eigenvalue weighted by atomic mass is 16.6. The van der Waals surface area contributed by atoms with Crippen LogP contribution in [0, 0.1) is 0 Å². The summed E-state index contributed by atoms with van der Waals surface area (Å²) >= 11 is 0. The molecule has 0 unspecified atom stereocenters. The Morgan fingerprint density at radius 1 is 0.903 bits per heavy atom. The molecule has 0 amide bonds. The summed E-state index contributed by atoms with van der Waals surface area (Å²) in [5.41, 5.74) is 10.8. The lowest BCUT2D eigenvalue weighted by atomic mass is 9.98. The number of benzene rings is 3. The van der Waals surface area contributed by atoms with Gasteiger partial charge >= 0.3 is 11.9 Å². The van der Waals surface area contributed by atoms with Gasteiger partial charge < -0.3 is 15.2 Å². The second kappa shape index (κ2) is 8.98. The van der Waals surface area contributed by atoms with Gasteiger partial charge in [0.05, 0.1) is 0 Å². The molecule has 5 heteroatoms. The molecule has 2 N–H and O–H groups in total. The van der Waals surface area contributed by atoms with Gasteiger partial charge in [0, 0.05) is 5.92 Å². The molecule has 3 aromatic rings. The summed E-state index contributed by atoms with van der Waals surface area (Å²) in [6.45, 7) is 1.63. The lowest BCUT2D eigenvalue weighted by Gasteiger charge is -2.15. The third-order valence-electron chi connectivity index (χ3n) is 5.22. The van der Waals surface area contributed by atoms with Gasteiger partial charge in [-0.2, -0.15) is 0 Å². The first-order chi connectivity index (χ1) is 15.0. The molecule has 0 bridgehead atoms. The third kappa shape index (κ3) is 4.42. The van der Waals surface area contributed by atoms with Crippen molar-refractivity contribution in [3.63, 3.8) is 0 Å². The number of ether oxygens (including phenoxy) is 2. The average Bonchev–Trinajstić information content (AvgIpc) is 3.11. The van der Waals surface area contributed by atoms with Crippen LogP contribution in [0.3, 0.4) is 0 Å². The van der Waals surface area contributed by atoms with E-state index >= 15 is 0 Å². The SMILES string of the molecule is C[C@H](N)C(=O)OC(=Cc1ccccc1)C(=O)OCC1c2ccccc2-c2ccccc21. The lowest BCUT2D eigenvalue weighted by molar-refractivity contribution is -0.151. The minimum Gasteiger partial charge on any atom is -0.459 e. The van der Waals surface area contributed by atoms with Crippen LogP contribution in [-0.4, -0.2) is 24.6 Å². The van der Waals surface area contributed by atoms with Crippen molar-refractivity contribution in [1.82, 2.24) is 0 Å². The Morgan fingerprint density at radius 2 is 1.45 bits per heavy atom. The summed E-state index contributed by atoms with van der Waals surface area (Å²) in [5.74, 6) is -1.68. The molecule has 5 nitrogen and oxygen atoms in total. The van der Waals surface area contributed by atoms with Crippen LogP contribution in [0.25, 0.3) is 17.2 Å². The molecule has 0 aliphatic heterocycles. The standard InChI is InChI=1S/C26H23NO4/c1-17(27)25(28)31-24(15-18-9-3-2-4-10-18)26(29)30-16-23-21-13-7-5-11-19(21)20-12-6-8-14-22(20)23/h2-15,17,23H,16,27H2,1H3/t17-/m0/s1. The van der Waals surface area contributed by atoms with Crippen molar-refractivity contribution in [3.8, 4) is 11.1 Å². The molecule has 3 aromatic carbocycles. The van der Waals surface area contributed by atoms with Crippen molar-refractivity contribution in [1.29, 1.82) is 0 Å². The molecule has 0 radical (unpaired) electrons. The number of esters is 2. The van der Waals surface area contributed by atoms with E-state index in [1.165, 1.54) is 13.0 Å². The molecule has 1 aliphatic rings. The summed E-state index contributed by atoms with van der Waals surface area (Å²) in [6, 6.07) is 24.4. The van der Waals surface area contributed by atoms with Crippen molar-refractivity contribution in [3.05, 3.63) is 101 Å². The number of fused-ring (bicyclic) bond motifs is 3. The van der Waals surface area contributed by atoms with Crippen LogP contribution < -0.4 is 5.73 Å². The molecule has 0 fully saturated rings. The maximum Gasteiger partial charge on any atom is 0.374 e. The van der Waals surface area contributed by atoms with Crippen LogP contribution in [0.5, 0.6) is 0 Å². The molecule has 1 aliphatic carbocycles. The van der Waals surface area contributed by atoms with E-state index in [1.54, 1.807) is 12.1 Å². The zero-order valence-electron chi connectivity index (χ0n) is 17.2. The number of carbonyl (C=O) groups excluding carboxylic acids is 2. The molecule has 0 spiro atoms. The number of nitrogens with two attached hydrogens (primary N) is 1. The summed E-state index contributed by atoms with van der Waals surface area (Å²) in [7, 11) is 0. The van der Waals surface area contributed by atoms with Gasteiger partial charge in [-0.25, -0.2) is 9.59 Å². The van der Waals surface area contributed by atoms with Crippen molar-refractivity contribution >= 4 is 18.0 Å². The average molecular weight is 413 g/mol. The highest BCUT2D eigenvalue weighted by molar-refractivity contribution is 5.95. The molecule has 0 aromatic heterocycles. The summed E-state index contributed by atoms with van der Waals surface area (Å²) < 4.78 is 10.9. The molecule has 1 atom stereocenters. The fourth-order valence-electron chi connectivity index (χ4n) is 3.70. The molecule has 0 saturated heterocycles. The predicted molar refractivity (Wildman–Crippen MR) is 119 cm³/mol. The first kappa shape index (κ1) is 20.6. The van der Waals surface area contributed by atoms with Crippen LogP contribution in [0.1, 0.15) is 29.5 Å². The van der Waals surface area contributed by atoms with Gasteiger partial charge in [0.25, 0.3) is 0 Å². The van der Waals surface area contributed by atoms with Crippen LogP contribution in [0.15, 0.2) is 84.6 Å². The maximum absolute atomic E-state index is 12.9. The van der Waals surface area contributed by atoms with Crippen molar-refractivity contribution in [2.75, 3.05) is 6.61 Å². The van der Waals surface area contributed by atoms with E-state index in [0.29, 0.717) is 5.56 Å². The Labute approximate surface area is 181 Å². The zero-order chi connectivity index (χ0) is 21.8. The van der Waals surface area contributed by atoms with Crippen molar-refractivity contribution < 1.29 is 19.1 Å². The first-order valence-electron chi connectivity index (χ1n) is 10.1. The van der Waals surface area contributed by atoms with Gasteiger partial charge in [-0.05, 0) is 40.8 Å². The van der Waals surface area contributed by atoms with E-state index in [2.05, 4.69) is 12.1 Å². The van der Waals surface area contributed by atoms with Gasteiger partial charge in [0.2, 0.25) is 5.76 Å². The molecule has 31 heavy (non-hydrogen) atoms. The fraction of sp³-hybridized carbons (Fsp3) is 0.154. The molecule has 156 valence electrons. The number of hydrogen-bond acceptors (Lipinski definition) is 5. The normalized spacial score (nSPS) is 13.8. The smallest absolute Gasteiger partial charge is 0.374 e. The van der Waals surface area contributed by atoms with Gasteiger partial charge in [0.1, 0.15) is 12.6 Å². The van der Waals surface area contributed by atoms with Gasteiger partial charge in [-0.3, -0.25) is 0 Å². The van der Waals surface area contributed by atoms with Crippen LogP contribution in [-0.2, 0) is 19.1 Å². The lowest BCUT2D eigenvalue weighted by Crippen LogP contribution is -2.30. The Morgan fingerprint density at radius 3 is 2.03 bits per heavy atom. The van der Waals surface area contributed by atoms with E-state index < -0.39 is 18.0 Å². The Bertz CT molecular complexity index is 1090. The summed E-state index contributed by atoms with van der Waals surface area (Å²) in [5, 5.41) is 0.